The van der Waals surface area contributed by atoms with Gasteiger partial charge in [-0.05, 0) is 32.2 Å². The van der Waals surface area contributed by atoms with Gasteiger partial charge in [-0.3, -0.25) is 4.90 Å². The molecule has 1 unspecified atom stereocenters. The molecule has 0 aliphatic carbocycles. The number of carboxylic acid groups (broad SMARTS) is 2. The number of ether oxygens (including phenoxy) is 1. The molecule has 0 saturated heterocycles. The predicted molar refractivity (Wildman–Crippen MR) is 102 cm³/mol. The Balaban J connectivity index is 2.30. The summed E-state index contributed by atoms with van der Waals surface area (Å²) in [7, 11) is 1.76. The minimum absolute atomic E-state index is 0.213. The number of carbonyl (C=O) groups is 2. The van der Waals surface area contributed by atoms with Crippen LogP contribution >= 0.6 is 11.7 Å². The highest BCUT2D eigenvalue weighted by atomic mass is 32.1. The molecule has 148 valence electrons. The van der Waals surface area contributed by atoms with E-state index in [-0.39, 0.29) is 5.57 Å². The van der Waals surface area contributed by atoms with Crippen molar-refractivity contribution in [2.24, 2.45) is 5.92 Å². The summed E-state index contributed by atoms with van der Waals surface area (Å²) in [5.41, 5.74) is 0.889. The minimum Gasteiger partial charge on any atom is -0.478 e. The molecule has 0 aromatic carbocycles. The van der Waals surface area contributed by atoms with Gasteiger partial charge in [0.15, 0.2) is 0 Å². The maximum Gasteiger partial charge on any atom is 0.333 e. The quantitative estimate of drug-likeness (QED) is 0.484. The number of likely N-dealkylation sites (N-methyl/N-ethyl adjacent to an activating group) is 1. The first-order chi connectivity index (χ1) is 12.8. The van der Waals surface area contributed by atoms with Crippen molar-refractivity contribution in [3.63, 3.8) is 0 Å². The van der Waals surface area contributed by atoms with Gasteiger partial charge in [0, 0.05) is 18.2 Å². The van der Waals surface area contributed by atoms with Crippen LogP contribution in [0.4, 0.5) is 0 Å². The third-order valence-electron chi connectivity index (χ3n) is 4.30. The summed E-state index contributed by atoms with van der Waals surface area (Å²) in [6, 6.07) is -0.728. The zero-order chi connectivity index (χ0) is 20.0. The van der Waals surface area contributed by atoms with Crippen LogP contribution in [0.2, 0.25) is 0 Å². The maximum atomic E-state index is 11.7. The van der Waals surface area contributed by atoms with Gasteiger partial charge >= 0.3 is 11.9 Å². The van der Waals surface area contributed by atoms with Crippen LogP contribution in [0.5, 0.6) is 5.88 Å². The van der Waals surface area contributed by atoms with Crippen LogP contribution in [0.3, 0.4) is 0 Å². The normalized spacial score (nSPS) is 18.4. The van der Waals surface area contributed by atoms with Crippen molar-refractivity contribution in [1.82, 2.24) is 13.6 Å². The summed E-state index contributed by atoms with van der Waals surface area (Å²) in [5.74, 6) is -1.62. The zero-order valence-corrected chi connectivity index (χ0v) is 16.5. The molecule has 2 rings (SSSR count). The van der Waals surface area contributed by atoms with Gasteiger partial charge in [-0.1, -0.05) is 19.9 Å². The Hall–Kier alpha value is -2.26. The first-order valence-electron chi connectivity index (χ1n) is 8.85. The number of rotatable bonds is 9. The molecule has 9 heteroatoms. The van der Waals surface area contributed by atoms with Crippen LogP contribution in [0, 0.1) is 5.92 Å². The van der Waals surface area contributed by atoms with Gasteiger partial charge in [-0.15, -0.1) is 4.37 Å². The van der Waals surface area contributed by atoms with E-state index in [1.165, 1.54) is 0 Å². The van der Waals surface area contributed by atoms with E-state index in [2.05, 4.69) is 22.6 Å². The molecular weight excluding hydrogens is 370 g/mol. The summed E-state index contributed by atoms with van der Waals surface area (Å²) in [5, 5.41) is 18.6. The second-order valence-electron chi connectivity index (χ2n) is 6.88. The van der Waals surface area contributed by atoms with Gasteiger partial charge in [-0.25, -0.2) is 9.59 Å². The lowest BCUT2D eigenvalue weighted by Gasteiger charge is -2.33. The Bertz CT molecular complexity index is 741. The predicted octanol–water partition coefficient (Wildman–Crippen LogP) is 2.54. The molecule has 8 nitrogen and oxygen atoms in total. The Kier molecular flexibility index (Phi) is 7.49. The highest BCUT2D eigenvalue weighted by molar-refractivity contribution is 6.99. The number of aliphatic carboxylic acids is 2. The molecule has 2 heterocycles. The molecule has 1 atom stereocenters. The lowest BCUT2D eigenvalue weighted by atomic mass is 9.90. The molecule has 0 saturated carbocycles. The number of aromatic nitrogens is 2. The summed E-state index contributed by atoms with van der Waals surface area (Å²) in [4.78, 5) is 24.6. The topological polar surface area (TPSA) is 113 Å². The van der Waals surface area contributed by atoms with E-state index in [9.17, 15) is 14.7 Å². The fourth-order valence-electron chi connectivity index (χ4n) is 3.04. The smallest absolute Gasteiger partial charge is 0.333 e. The van der Waals surface area contributed by atoms with Gasteiger partial charge in [0.25, 0.3) is 5.88 Å². The van der Waals surface area contributed by atoms with Crippen molar-refractivity contribution in [1.29, 1.82) is 0 Å². The van der Waals surface area contributed by atoms with Crippen molar-refractivity contribution >= 4 is 29.2 Å². The monoisotopic (exact) mass is 395 g/mol. The van der Waals surface area contributed by atoms with Crippen LogP contribution in [0.25, 0.3) is 5.57 Å². The summed E-state index contributed by atoms with van der Waals surface area (Å²) in [6.07, 6.45) is 5.25. The second kappa shape index (κ2) is 9.61. The van der Waals surface area contributed by atoms with Gasteiger partial charge in [0.1, 0.15) is 5.69 Å². The molecule has 0 fully saturated rings. The van der Waals surface area contributed by atoms with Gasteiger partial charge in [0.2, 0.25) is 0 Å². The molecule has 27 heavy (non-hydrogen) atoms. The fourth-order valence-corrected chi connectivity index (χ4v) is 3.55. The molecule has 0 bridgehead atoms. The van der Waals surface area contributed by atoms with Crippen LogP contribution in [0.15, 0.2) is 17.7 Å². The van der Waals surface area contributed by atoms with E-state index >= 15 is 0 Å². The molecule has 2 N–H and O–H groups in total. The number of hydrogen-bond acceptors (Lipinski definition) is 7. The number of carboxylic acids is 2. The molecule has 0 amide bonds. The van der Waals surface area contributed by atoms with Crippen molar-refractivity contribution in [3.05, 3.63) is 23.4 Å². The molecule has 0 spiro atoms. The second-order valence-corrected chi connectivity index (χ2v) is 7.41. The average Bonchev–Trinajstić information content (AvgIpc) is 3.04. The Morgan fingerprint density at radius 1 is 1.41 bits per heavy atom. The first-order valence-corrected chi connectivity index (χ1v) is 9.58. The zero-order valence-electron chi connectivity index (χ0n) is 15.7. The number of hydrogen-bond donors (Lipinski definition) is 2. The van der Waals surface area contributed by atoms with Crippen molar-refractivity contribution in [2.45, 2.75) is 39.2 Å². The molecule has 1 aliphatic rings. The highest BCUT2D eigenvalue weighted by Gasteiger charge is 2.34. The third kappa shape index (κ3) is 5.61. The SMILES string of the molecule is CC(C)CCCOc1nsnc1C1=CCCN(C)C1C(=CC(=O)O)C(=O)O. The maximum absolute atomic E-state index is 11.7. The Morgan fingerprint density at radius 2 is 2.15 bits per heavy atom. The lowest BCUT2D eigenvalue weighted by molar-refractivity contribution is -0.135. The molecular formula is C18H25N3O5S. The molecule has 1 aromatic rings. The average molecular weight is 395 g/mol. The van der Waals surface area contributed by atoms with Crippen molar-refractivity contribution in [3.8, 4) is 5.88 Å². The standard InChI is InChI=1S/C18H25N3O5S/c1-11(2)6-5-9-26-17-15(19-27-20-17)12-7-4-8-21(3)16(12)13(18(24)25)10-14(22)23/h7,10-11,16H,4-6,8-9H2,1-3H3,(H,22,23)(H,24,25). The van der Waals surface area contributed by atoms with Crippen LogP contribution in [0.1, 0.15) is 38.8 Å². The summed E-state index contributed by atoms with van der Waals surface area (Å²) in [6.45, 7) is 5.40. The lowest BCUT2D eigenvalue weighted by Crippen LogP contribution is -2.40. The largest absolute Gasteiger partial charge is 0.478 e. The van der Waals surface area contributed by atoms with Gasteiger partial charge in [0.05, 0.1) is 30.0 Å². The minimum atomic E-state index is -1.30. The first kappa shape index (κ1) is 21.0. The van der Waals surface area contributed by atoms with Gasteiger partial charge in [-0.2, -0.15) is 4.37 Å². The molecule has 1 aliphatic heterocycles. The van der Waals surface area contributed by atoms with E-state index in [0.717, 1.165) is 30.6 Å². The molecule has 1 aromatic heterocycles. The summed E-state index contributed by atoms with van der Waals surface area (Å²) < 4.78 is 14.3. The van der Waals surface area contributed by atoms with E-state index in [0.29, 0.717) is 42.6 Å². The van der Waals surface area contributed by atoms with Crippen molar-refractivity contribution < 1.29 is 24.5 Å². The van der Waals surface area contributed by atoms with E-state index in [1.807, 2.05) is 6.08 Å². The third-order valence-corrected chi connectivity index (χ3v) is 4.81. The van der Waals surface area contributed by atoms with Crippen molar-refractivity contribution in [2.75, 3.05) is 20.2 Å². The Morgan fingerprint density at radius 3 is 2.78 bits per heavy atom. The van der Waals surface area contributed by atoms with Gasteiger partial charge < -0.3 is 14.9 Å². The van der Waals surface area contributed by atoms with Crippen LogP contribution in [-0.2, 0) is 9.59 Å². The molecule has 0 radical (unpaired) electrons. The van der Waals surface area contributed by atoms with E-state index < -0.39 is 18.0 Å². The fraction of sp³-hybridized carbons (Fsp3) is 0.556. The van der Waals surface area contributed by atoms with Crippen LogP contribution in [-0.4, -0.2) is 62.0 Å². The van der Waals surface area contributed by atoms with E-state index in [4.69, 9.17) is 9.84 Å². The number of nitrogens with zero attached hydrogens (tertiary/aromatic N) is 3. The Labute approximate surface area is 162 Å². The summed E-state index contributed by atoms with van der Waals surface area (Å²) >= 11 is 0.994. The van der Waals surface area contributed by atoms with Crippen LogP contribution < -0.4 is 4.74 Å². The van der Waals surface area contributed by atoms with E-state index in [1.54, 1.807) is 11.9 Å². The highest BCUT2D eigenvalue weighted by Crippen LogP contribution is 2.34.